The summed E-state index contributed by atoms with van der Waals surface area (Å²) < 4.78 is 3.57. The molecule has 6 aromatic rings. The normalized spacial score (nSPS) is 12.0. The summed E-state index contributed by atoms with van der Waals surface area (Å²) in [5.74, 6) is 0.987. The monoisotopic (exact) mass is 458 g/mol. The number of aromatic nitrogens is 2. The van der Waals surface area contributed by atoms with Crippen LogP contribution in [0.4, 0.5) is 0 Å². The van der Waals surface area contributed by atoms with Crippen LogP contribution in [0.1, 0.15) is 26.3 Å². The van der Waals surface area contributed by atoms with Gasteiger partial charge in [0.15, 0.2) is 0 Å². The van der Waals surface area contributed by atoms with E-state index in [-0.39, 0.29) is 5.41 Å². The van der Waals surface area contributed by atoms with Gasteiger partial charge in [-0.1, -0.05) is 87.5 Å². The zero-order valence-electron chi connectivity index (χ0n) is 19.6. The molecule has 0 unspecified atom stereocenters. The van der Waals surface area contributed by atoms with Crippen LogP contribution in [-0.2, 0) is 5.41 Å². The van der Waals surface area contributed by atoms with Crippen molar-refractivity contribution in [2.24, 2.45) is 0 Å². The third kappa shape index (κ3) is 3.53. The molecule has 0 amide bonds. The molecule has 0 spiro atoms. The Morgan fingerprint density at radius 2 is 1.35 bits per heavy atom. The Morgan fingerprint density at radius 3 is 2.09 bits per heavy atom. The van der Waals surface area contributed by atoms with Gasteiger partial charge in [-0.2, -0.15) is 0 Å². The molecule has 0 bridgehead atoms. The van der Waals surface area contributed by atoms with Gasteiger partial charge >= 0.3 is 0 Å². The van der Waals surface area contributed by atoms with Gasteiger partial charge in [-0.25, -0.2) is 4.98 Å². The van der Waals surface area contributed by atoms with Crippen molar-refractivity contribution >= 4 is 32.5 Å². The number of hydrogen-bond acceptors (Lipinski definition) is 2. The first-order valence-electron chi connectivity index (χ1n) is 11.6. The van der Waals surface area contributed by atoms with E-state index in [1.54, 1.807) is 11.3 Å². The standard InChI is InChI=1S/C31H26N2S/c1-31(2,3)23-16-12-21(13-17-23)22-14-18-24(19-15-22)33-28-10-6-5-9-27(28)32-30(33)26-20-34-29-11-7-4-8-25(26)29/h4-20H,1-3H3. The molecule has 4 aromatic carbocycles. The van der Waals surface area contributed by atoms with Crippen molar-refractivity contribution in [3.63, 3.8) is 0 Å². The second-order valence-electron chi connectivity index (χ2n) is 9.78. The molecule has 2 heterocycles. The van der Waals surface area contributed by atoms with E-state index >= 15 is 0 Å². The van der Waals surface area contributed by atoms with Crippen LogP contribution < -0.4 is 0 Å². The van der Waals surface area contributed by atoms with Gasteiger partial charge in [0.1, 0.15) is 5.82 Å². The SMILES string of the molecule is CC(C)(C)c1ccc(-c2ccc(-n3c(-c4csc5ccccc45)nc4ccccc43)cc2)cc1. The molecule has 0 aliphatic rings. The summed E-state index contributed by atoms with van der Waals surface area (Å²) in [6.45, 7) is 6.75. The summed E-state index contributed by atoms with van der Waals surface area (Å²) in [7, 11) is 0. The van der Waals surface area contributed by atoms with Gasteiger partial charge < -0.3 is 0 Å². The van der Waals surface area contributed by atoms with Crippen LogP contribution in [-0.4, -0.2) is 9.55 Å². The molecule has 0 saturated carbocycles. The summed E-state index contributed by atoms with van der Waals surface area (Å²) in [6, 6.07) is 34.7. The zero-order valence-corrected chi connectivity index (χ0v) is 20.4. The molecule has 0 fully saturated rings. The first-order chi connectivity index (χ1) is 16.5. The fraction of sp³-hybridized carbons (Fsp3) is 0.129. The Morgan fingerprint density at radius 1 is 0.706 bits per heavy atom. The molecule has 34 heavy (non-hydrogen) atoms. The van der Waals surface area contributed by atoms with Gasteiger partial charge in [0.2, 0.25) is 0 Å². The van der Waals surface area contributed by atoms with Crippen LogP contribution in [0.2, 0.25) is 0 Å². The molecule has 6 rings (SSSR count). The minimum absolute atomic E-state index is 0.160. The smallest absolute Gasteiger partial charge is 0.147 e. The minimum Gasteiger partial charge on any atom is -0.292 e. The third-order valence-electron chi connectivity index (χ3n) is 6.49. The number of thiophene rings is 1. The molecular formula is C31H26N2S. The summed E-state index contributed by atoms with van der Waals surface area (Å²) in [5.41, 5.74) is 8.39. The summed E-state index contributed by atoms with van der Waals surface area (Å²) in [5, 5.41) is 3.48. The van der Waals surface area contributed by atoms with Crippen LogP contribution in [0.5, 0.6) is 0 Å². The number of hydrogen-bond donors (Lipinski definition) is 0. The minimum atomic E-state index is 0.160. The number of para-hydroxylation sites is 2. The van der Waals surface area contributed by atoms with Crippen LogP contribution in [0.15, 0.2) is 102 Å². The lowest BCUT2D eigenvalue weighted by Crippen LogP contribution is -2.10. The highest BCUT2D eigenvalue weighted by Gasteiger charge is 2.17. The van der Waals surface area contributed by atoms with Gasteiger partial charge in [-0.15, -0.1) is 11.3 Å². The zero-order chi connectivity index (χ0) is 23.3. The maximum absolute atomic E-state index is 5.06. The molecular weight excluding hydrogens is 432 g/mol. The summed E-state index contributed by atoms with van der Waals surface area (Å²) in [4.78, 5) is 5.06. The van der Waals surface area contributed by atoms with E-state index in [1.807, 2.05) is 0 Å². The van der Waals surface area contributed by atoms with Crippen LogP contribution in [0.25, 0.3) is 49.3 Å². The lowest BCUT2D eigenvalue weighted by molar-refractivity contribution is 0.590. The van der Waals surface area contributed by atoms with Crippen molar-refractivity contribution < 1.29 is 0 Å². The van der Waals surface area contributed by atoms with Crippen molar-refractivity contribution in [3.8, 4) is 28.2 Å². The quantitative estimate of drug-likeness (QED) is 0.259. The number of imidazole rings is 1. The van der Waals surface area contributed by atoms with Crippen molar-refractivity contribution in [1.29, 1.82) is 0 Å². The van der Waals surface area contributed by atoms with Crippen molar-refractivity contribution in [2.45, 2.75) is 26.2 Å². The van der Waals surface area contributed by atoms with Crippen LogP contribution >= 0.6 is 11.3 Å². The Hall–Kier alpha value is -3.69. The predicted molar refractivity (Wildman–Crippen MR) is 146 cm³/mol. The van der Waals surface area contributed by atoms with E-state index in [0.717, 1.165) is 22.5 Å². The van der Waals surface area contributed by atoms with E-state index in [0.29, 0.717) is 0 Å². The second kappa shape index (κ2) is 7.96. The Bertz CT molecular complexity index is 1610. The molecule has 0 aliphatic carbocycles. The summed E-state index contributed by atoms with van der Waals surface area (Å²) in [6.07, 6.45) is 0. The average molecular weight is 459 g/mol. The van der Waals surface area contributed by atoms with Gasteiger partial charge in [-0.3, -0.25) is 4.57 Å². The maximum atomic E-state index is 5.06. The lowest BCUT2D eigenvalue weighted by atomic mass is 9.86. The highest BCUT2D eigenvalue weighted by molar-refractivity contribution is 7.17. The molecule has 166 valence electrons. The predicted octanol–water partition coefficient (Wildman–Crippen LogP) is 8.87. The molecule has 2 nitrogen and oxygen atoms in total. The Balaban J connectivity index is 1.46. The van der Waals surface area contributed by atoms with Gasteiger partial charge in [-0.05, 0) is 52.4 Å². The lowest BCUT2D eigenvalue weighted by Gasteiger charge is -2.19. The molecule has 3 heteroatoms. The number of fused-ring (bicyclic) bond motifs is 2. The number of benzene rings is 4. The maximum Gasteiger partial charge on any atom is 0.147 e. The first kappa shape index (κ1) is 20.9. The fourth-order valence-electron chi connectivity index (χ4n) is 4.58. The van der Waals surface area contributed by atoms with Gasteiger partial charge in [0.05, 0.1) is 11.0 Å². The van der Waals surface area contributed by atoms with E-state index in [4.69, 9.17) is 4.98 Å². The molecule has 0 atom stereocenters. The van der Waals surface area contributed by atoms with Crippen molar-refractivity contribution in [3.05, 3.63) is 108 Å². The van der Waals surface area contributed by atoms with E-state index in [9.17, 15) is 0 Å². The number of nitrogens with zero attached hydrogens (tertiary/aromatic N) is 2. The van der Waals surface area contributed by atoms with Crippen molar-refractivity contribution in [1.82, 2.24) is 9.55 Å². The molecule has 0 aliphatic heterocycles. The van der Waals surface area contributed by atoms with E-state index < -0.39 is 0 Å². The summed E-state index contributed by atoms with van der Waals surface area (Å²) >= 11 is 1.77. The van der Waals surface area contributed by atoms with Gasteiger partial charge in [0, 0.05) is 26.7 Å². The second-order valence-corrected chi connectivity index (χ2v) is 10.7. The van der Waals surface area contributed by atoms with E-state index in [2.05, 4.69) is 128 Å². The molecule has 0 N–H and O–H groups in total. The molecule has 0 saturated heterocycles. The topological polar surface area (TPSA) is 17.8 Å². The average Bonchev–Trinajstić information content (AvgIpc) is 3.45. The third-order valence-corrected chi connectivity index (χ3v) is 7.46. The highest BCUT2D eigenvalue weighted by Crippen LogP contribution is 2.37. The fourth-order valence-corrected chi connectivity index (χ4v) is 5.52. The Labute approximate surface area is 204 Å². The van der Waals surface area contributed by atoms with Gasteiger partial charge in [0.25, 0.3) is 0 Å². The molecule has 2 aromatic heterocycles. The molecule has 0 radical (unpaired) electrons. The first-order valence-corrected chi connectivity index (χ1v) is 12.5. The number of rotatable bonds is 3. The highest BCUT2D eigenvalue weighted by atomic mass is 32.1. The van der Waals surface area contributed by atoms with Crippen molar-refractivity contribution in [2.75, 3.05) is 0 Å². The van der Waals surface area contributed by atoms with Crippen LogP contribution in [0.3, 0.4) is 0 Å². The Kier molecular flexibility index (Phi) is 4.89. The van der Waals surface area contributed by atoms with Crippen LogP contribution in [0, 0.1) is 0 Å². The largest absolute Gasteiger partial charge is 0.292 e. The van der Waals surface area contributed by atoms with E-state index in [1.165, 1.54) is 32.3 Å².